The maximum absolute atomic E-state index is 6.43. The molecule has 0 bridgehead atoms. The van der Waals surface area contributed by atoms with E-state index in [1.165, 1.54) is 16.7 Å². The Bertz CT molecular complexity index is 699. The Morgan fingerprint density at radius 2 is 0.920 bits per heavy atom. The summed E-state index contributed by atoms with van der Waals surface area (Å²) in [5, 5.41) is -0.298. The minimum atomic E-state index is -0.405. The minimum Gasteiger partial charge on any atom is -0.319 e. The lowest BCUT2D eigenvalue weighted by Crippen LogP contribution is -2.52. The van der Waals surface area contributed by atoms with Crippen molar-refractivity contribution in [1.82, 2.24) is 0 Å². The minimum absolute atomic E-state index is 0.298. The Hall–Kier alpha value is -2.03. The second-order valence-electron chi connectivity index (χ2n) is 7.01. The van der Waals surface area contributed by atoms with Crippen molar-refractivity contribution >= 4 is 12.6 Å². The fourth-order valence-electron chi connectivity index (χ4n) is 3.90. The molecule has 1 nitrogen and oxygen atoms in total. The van der Waals surface area contributed by atoms with Crippen molar-refractivity contribution in [2.45, 2.75) is 24.6 Å². The lowest BCUT2D eigenvalue weighted by Gasteiger charge is -2.50. The van der Waals surface area contributed by atoms with E-state index in [0.717, 1.165) is 0 Å². The molecular weight excluding hydrogens is 322 g/mol. The first-order valence-electron chi connectivity index (χ1n) is 8.61. The smallest absolute Gasteiger partial charge is 0.0544 e. The Morgan fingerprint density at radius 3 is 1.16 bits per heavy atom. The summed E-state index contributed by atoms with van der Waals surface area (Å²) in [4.78, 5) is 0. The van der Waals surface area contributed by atoms with Gasteiger partial charge in [-0.25, -0.2) is 0 Å². The SMILES string of the molecule is CC(C)(C(N)S)C(c1ccccc1)(c1ccccc1)c1ccccc1. The number of hydrogen-bond acceptors (Lipinski definition) is 2. The van der Waals surface area contributed by atoms with Crippen LogP contribution < -0.4 is 5.73 Å². The van der Waals surface area contributed by atoms with Gasteiger partial charge in [-0.05, 0) is 16.7 Å². The zero-order valence-electron chi connectivity index (χ0n) is 14.8. The van der Waals surface area contributed by atoms with Gasteiger partial charge in [-0.3, -0.25) is 0 Å². The van der Waals surface area contributed by atoms with Crippen LogP contribution in [-0.2, 0) is 5.41 Å². The molecule has 2 N–H and O–H groups in total. The van der Waals surface area contributed by atoms with Gasteiger partial charge in [-0.15, -0.1) is 0 Å². The van der Waals surface area contributed by atoms with E-state index >= 15 is 0 Å². The molecule has 0 fully saturated rings. The number of nitrogens with two attached hydrogens (primary N) is 1. The Balaban J connectivity index is 2.45. The highest BCUT2D eigenvalue weighted by Gasteiger charge is 2.51. The van der Waals surface area contributed by atoms with Gasteiger partial charge in [0.25, 0.3) is 0 Å². The Kier molecular flexibility index (Phi) is 5.03. The summed E-state index contributed by atoms with van der Waals surface area (Å²) in [6.07, 6.45) is 0. The van der Waals surface area contributed by atoms with Gasteiger partial charge in [-0.2, -0.15) is 12.6 Å². The van der Waals surface area contributed by atoms with Gasteiger partial charge in [-0.1, -0.05) is 105 Å². The lowest BCUT2D eigenvalue weighted by molar-refractivity contribution is 0.235. The second kappa shape index (κ2) is 7.07. The molecule has 0 spiro atoms. The van der Waals surface area contributed by atoms with E-state index in [2.05, 4.69) is 105 Å². The molecule has 0 aliphatic heterocycles. The fourth-order valence-corrected chi connectivity index (χ4v) is 4.10. The fraction of sp³-hybridized carbons (Fsp3) is 0.217. The van der Waals surface area contributed by atoms with Gasteiger partial charge < -0.3 is 5.73 Å². The van der Waals surface area contributed by atoms with Crippen LogP contribution in [-0.4, -0.2) is 5.37 Å². The van der Waals surface area contributed by atoms with Crippen molar-refractivity contribution in [3.63, 3.8) is 0 Å². The van der Waals surface area contributed by atoms with Crippen molar-refractivity contribution in [2.24, 2.45) is 11.1 Å². The van der Waals surface area contributed by atoms with E-state index in [1.54, 1.807) is 0 Å². The molecule has 3 aromatic carbocycles. The van der Waals surface area contributed by atoms with Crippen molar-refractivity contribution in [3.8, 4) is 0 Å². The predicted molar refractivity (Wildman–Crippen MR) is 110 cm³/mol. The van der Waals surface area contributed by atoms with Gasteiger partial charge in [0.15, 0.2) is 0 Å². The van der Waals surface area contributed by atoms with Crippen LogP contribution in [0.4, 0.5) is 0 Å². The Labute approximate surface area is 156 Å². The van der Waals surface area contributed by atoms with Crippen LogP contribution in [0.25, 0.3) is 0 Å². The molecule has 3 aromatic rings. The molecule has 0 radical (unpaired) electrons. The predicted octanol–water partition coefficient (Wildman–Crippen LogP) is 5.26. The topological polar surface area (TPSA) is 26.0 Å². The Morgan fingerprint density at radius 1 is 0.640 bits per heavy atom. The van der Waals surface area contributed by atoms with Gasteiger partial charge in [0.1, 0.15) is 0 Å². The highest BCUT2D eigenvalue weighted by atomic mass is 32.1. The molecule has 0 amide bonds. The number of thiol groups is 1. The van der Waals surface area contributed by atoms with Crippen molar-refractivity contribution in [3.05, 3.63) is 108 Å². The first kappa shape index (κ1) is 17.8. The summed E-state index contributed by atoms with van der Waals surface area (Å²) in [6, 6.07) is 31.9. The van der Waals surface area contributed by atoms with E-state index in [1.807, 2.05) is 0 Å². The summed E-state index contributed by atoms with van der Waals surface area (Å²) < 4.78 is 0. The van der Waals surface area contributed by atoms with Crippen molar-refractivity contribution < 1.29 is 0 Å². The van der Waals surface area contributed by atoms with E-state index in [-0.39, 0.29) is 10.8 Å². The summed E-state index contributed by atoms with van der Waals surface area (Å²) >= 11 is 4.70. The molecule has 1 unspecified atom stereocenters. The number of hydrogen-bond donors (Lipinski definition) is 2. The number of rotatable bonds is 5. The maximum Gasteiger partial charge on any atom is 0.0544 e. The zero-order chi connectivity index (χ0) is 17.9. The van der Waals surface area contributed by atoms with E-state index in [0.29, 0.717) is 0 Å². The average molecular weight is 348 g/mol. The first-order chi connectivity index (χ1) is 12.0. The molecule has 0 saturated heterocycles. The molecule has 0 heterocycles. The highest BCUT2D eigenvalue weighted by Crippen LogP contribution is 2.53. The van der Waals surface area contributed by atoms with Gasteiger partial charge in [0, 0.05) is 5.41 Å². The third-order valence-electron chi connectivity index (χ3n) is 5.33. The van der Waals surface area contributed by atoms with E-state index in [9.17, 15) is 0 Å². The molecule has 1 atom stereocenters. The first-order valence-corrected chi connectivity index (χ1v) is 9.13. The van der Waals surface area contributed by atoms with Crippen molar-refractivity contribution in [1.29, 1.82) is 0 Å². The standard InChI is InChI=1S/C23H25NS/c1-22(2,21(24)25)23(18-12-6-3-7-13-18,19-14-8-4-9-15-19)20-16-10-5-11-17-20/h3-17,21,25H,24H2,1-2H3. The average Bonchev–Trinajstić information content (AvgIpc) is 2.65. The summed E-state index contributed by atoms with van der Waals surface area (Å²) in [6.45, 7) is 4.41. The van der Waals surface area contributed by atoms with Crippen molar-refractivity contribution in [2.75, 3.05) is 0 Å². The van der Waals surface area contributed by atoms with Crippen LogP contribution in [0.2, 0.25) is 0 Å². The van der Waals surface area contributed by atoms with Crippen LogP contribution in [0.15, 0.2) is 91.0 Å². The summed E-state index contributed by atoms with van der Waals surface area (Å²) in [7, 11) is 0. The van der Waals surface area contributed by atoms with Gasteiger partial charge in [0.05, 0.1) is 10.8 Å². The van der Waals surface area contributed by atoms with Crippen LogP contribution in [0.1, 0.15) is 30.5 Å². The van der Waals surface area contributed by atoms with Crippen LogP contribution >= 0.6 is 12.6 Å². The zero-order valence-corrected chi connectivity index (χ0v) is 15.7. The maximum atomic E-state index is 6.43. The molecule has 2 heteroatoms. The highest BCUT2D eigenvalue weighted by molar-refractivity contribution is 7.80. The third kappa shape index (κ3) is 2.90. The molecule has 3 rings (SSSR count). The molecule has 25 heavy (non-hydrogen) atoms. The van der Waals surface area contributed by atoms with Gasteiger partial charge in [0.2, 0.25) is 0 Å². The lowest BCUT2D eigenvalue weighted by atomic mass is 9.55. The van der Waals surface area contributed by atoms with Crippen LogP contribution in [0.5, 0.6) is 0 Å². The van der Waals surface area contributed by atoms with Crippen LogP contribution in [0.3, 0.4) is 0 Å². The van der Waals surface area contributed by atoms with E-state index in [4.69, 9.17) is 18.4 Å². The molecular formula is C23H25NS. The molecule has 0 saturated carbocycles. The molecule has 0 aliphatic carbocycles. The largest absolute Gasteiger partial charge is 0.319 e. The third-order valence-corrected chi connectivity index (χ3v) is 5.97. The molecule has 0 aromatic heterocycles. The summed E-state index contributed by atoms with van der Waals surface area (Å²) in [5.74, 6) is 0. The monoisotopic (exact) mass is 347 g/mol. The number of benzene rings is 3. The molecule has 128 valence electrons. The van der Waals surface area contributed by atoms with E-state index < -0.39 is 5.41 Å². The van der Waals surface area contributed by atoms with Crippen LogP contribution in [0, 0.1) is 5.41 Å². The van der Waals surface area contributed by atoms with Gasteiger partial charge >= 0.3 is 0 Å². The summed E-state index contributed by atoms with van der Waals surface area (Å²) in [5.41, 5.74) is 9.37. The second-order valence-corrected chi connectivity index (χ2v) is 7.57. The molecule has 0 aliphatic rings. The normalized spacial score (nSPS) is 13.4. The quantitative estimate of drug-likeness (QED) is 0.367.